The van der Waals surface area contributed by atoms with Crippen molar-refractivity contribution in [3.8, 4) is 11.5 Å². The van der Waals surface area contributed by atoms with Gasteiger partial charge in [0, 0.05) is 5.33 Å². The predicted molar refractivity (Wildman–Crippen MR) is 87.3 cm³/mol. The van der Waals surface area contributed by atoms with Crippen LogP contribution in [0.25, 0.3) is 0 Å². The van der Waals surface area contributed by atoms with Crippen LogP contribution in [0.5, 0.6) is 11.5 Å². The van der Waals surface area contributed by atoms with E-state index in [0.717, 1.165) is 22.4 Å². The first-order valence-electron chi connectivity index (χ1n) is 6.92. The molecule has 0 bridgehead atoms. The zero-order valence-corrected chi connectivity index (χ0v) is 13.4. The molecule has 3 nitrogen and oxygen atoms in total. The molecule has 0 N–H and O–H groups in total. The van der Waals surface area contributed by atoms with Gasteiger partial charge >= 0.3 is 0 Å². The van der Waals surface area contributed by atoms with E-state index in [1.807, 2.05) is 54.6 Å². The third kappa shape index (κ3) is 6.19. The third-order valence-corrected chi connectivity index (χ3v) is 3.11. The molecule has 4 heteroatoms. The van der Waals surface area contributed by atoms with Crippen LogP contribution >= 0.6 is 15.9 Å². The standard InChI is InChI=1S/C17H19BrO3/c18-10-11-19-12-13-20-16-6-8-17(9-7-16)21-14-15-4-2-1-3-5-15/h1-9H,10-14H2. The minimum atomic E-state index is 0.553. The molecule has 0 saturated carbocycles. The first kappa shape index (κ1) is 15.9. The second-order valence-electron chi connectivity index (χ2n) is 4.40. The highest BCUT2D eigenvalue weighted by molar-refractivity contribution is 9.09. The Morgan fingerprint density at radius 3 is 2.05 bits per heavy atom. The van der Waals surface area contributed by atoms with Crippen LogP contribution in [-0.4, -0.2) is 25.2 Å². The molecular formula is C17H19BrO3. The topological polar surface area (TPSA) is 27.7 Å². The van der Waals surface area contributed by atoms with Gasteiger partial charge in [0.25, 0.3) is 0 Å². The van der Waals surface area contributed by atoms with Gasteiger partial charge in [-0.05, 0) is 29.8 Å². The van der Waals surface area contributed by atoms with E-state index in [9.17, 15) is 0 Å². The molecular weight excluding hydrogens is 332 g/mol. The van der Waals surface area contributed by atoms with E-state index in [-0.39, 0.29) is 0 Å². The molecule has 0 aliphatic rings. The maximum atomic E-state index is 5.72. The lowest BCUT2D eigenvalue weighted by molar-refractivity contribution is 0.112. The Kier molecular flexibility index (Phi) is 7.12. The second kappa shape index (κ2) is 9.42. The smallest absolute Gasteiger partial charge is 0.120 e. The molecule has 2 rings (SSSR count). The van der Waals surface area contributed by atoms with Crippen LogP contribution in [0.3, 0.4) is 0 Å². The van der Waals surface area contributed by atoms with Gasteiger partial charge < -0.3 is 14.2 Å². The summed E-state index contributed by atoms with van der Waals surface area (Å²) < 4.78 is 16.6. The molecule has 0 radical (unpaired) electrons. The van der Waals surface area contributed by atoms with Crippen LogP contribution in [0.2, 0.25) is 0 Å². The van der Waals surface area contributed by atoms with E-state index in [2.05, 4.69) is 15.9 Å². The van der Waals surface area contributed by atoms with Crippen molar-refractivity contribution in [2.24, 2.45) is 0 Å². The van der Waals surface area contributed by atoms with Crippen LogP contribution < -0.4 is 9.47 Å². The van der Waals surface area contributed by atoms with E-state index >= 15 is 0 Å². The molecule has 0 aliphatic heterocycles. The Bertz CT molecular complexity index is 499. The molecule has 112 valence electrons. The van der Waals surface area contributed by atoms with E-state index in [0.29, 0.717) is 26.4 Å². The zero-order valence-electron chi connectivity index (χ0n) is 11.8. The minimum absolute atomic E-state index is 0.553. The summed E-state index contributed by atoms with van der Waals surface area (Å²) in [7, 11) is 0. The first-order valence-corrected chi connectivity index (χ1v) is 8.04. The van der Waals surface area contributed by atoms with Gasteiger partial charge in [-0.25, -0.2) is 0 Å². The maximum absolute atomic E-state index is 5.72. The fourth-order valence-corrected chi connectivity index (χ4v) is 1.98. The van der Waals surface area contributed by atoms with E-state index in [1.54, 1.807) is 0 Å². The first-order chi connectivity index (χ1) is 10.4. The Balaban J connectivity index is 1.71. The summed E-state index contributed by atoms with van der Waals surface area (Å²) in [5, 5.41) is 0.848. The van der Waals surface area contributed by atoms with Crippen molar-refractivity contribution in [3.63, 3.8) is 0 Å². The summed E-state index contributed by atoms with van der Waals surface area (Å²) in [6.45, 7) is 2.42. The molecule has 0 fully saturated rings. The molecule has 0 aliphatic carbocycles. The molecule has 0 spiro atoms. The van der Waals surface area contributed by atoms with Crippen LogP contribution in [-0.2, 0) is 11.3 Å². The van der Waals surface area contributed by atoms with Gasteiger partial charge in [0.15, 0.2) is 0 Å². The SMILES string of the molecule is BrCCOCCOc1ccc(OCc2ccccc2)cc1. The summed E-state index contributed by atoms with van der Waals surface area (Å²) in [5.74, 6) is 1.66. The molecule has 2 aromatic carbocycles. The van der Waals surface area contributed by atoms with Gasteiger partial charge in [-0.15, -0.1) is 0 Å². The fraction of sp³-hybridized carbons (Fsp3) is 0.294. The van der Waals surface area contributed by atoms with Crippen molar-refractivity contribution in [3.05, 3.63) is 60.2 Å². The molecule has 0 atom stereocenters. The number of hydrogen-bond donors (Lipinski definition) is 0. The van der Waals surface area contributed by atoms with Crippen LogP contribution in [0.15, 0.2) is 54.6 Å². The van der Waals surface area contributed by atoms with Crippen LogP contribution in [0.1, 0.15) is 5.56 Å². The summed E-state index contributed by atoms with van der Waals surface area (Å²) >= 11 is 3.31. The van der Waals surface area contributed by atoms with Gasteiger partial charge in [0.2, 0.25) is 0 Å². The molecule has 0 unspecified atom stereocenters. The van der Waals surface area contributed by atoms with E-state index in [1.165, 1.54) is 0 Å². The Labute approximate surface area is 134 Å². The molecule has 0 saturated heterocycles. The number of halogens is 1. The van der Waals surface area contributed by atoms with Crippen molar-refractivity contribution in [2.45, 2.75) is 6.61 Å². The van der Waals surface area contributed by atoms with E-state index < -0.39 is 0 Å². The largest absolute Gasteiger partial charge is 0.491 e. The molecule has 2 aromatic rings. The summed E-state index contributed by atoms with van der Waals surface area (Å²) in [6.07, 6.45) is 0. The van der Waals surface area contributed by atoms with Crippen LogP contribution in [0.4, 0.5) is 0 Å². The summed E-state index contributed by atoms with van der Waals surface area (Å²) in [5.41, 5.74) is 1.15. The van der Waals surface area contributed by atoms with Gasteiger partial charge in [-0.2, -0.15) is 0 Å². The Morgan fingerprint density at radius 2 is 1.38 bits per heavy atom. The monoisotopic (exact) mass is 350 g/mol. The highest BCUT2D eigenvalue weighted by Crippen LogP contribution is 2.18. The number of hydrogen-bond acceptors (Lipinski definition) is 3. The Morgan fingerprint density at radius 1 is 0.714 bits per heavy atom. The fourth-order valence-electron chi connectivity index (χ4n) is 1.75. The number of benzene rings is 2. The van der Waals surface area contributed by atoms with Gasteiger partial charge in [-0.1, -0.05) is 46.3 Å². The number of alkyl halides is 1. The number of rotatable bonds is 9. The third-order valence-electron chi connectivity index (χ3n) is 2.79. The average Bonchev–Trinajstić information content (AvgIpc) is 2.55. The zero-order chi connectivity index (χ0) is 14.8. The lowest BCUT2D eigenvalue weighted by Crippen LogP contribution is -2.07. The summed E-state index contributed by atoms with van der Waals surface area (Å²) in [4.78, 5) is 0. The van der Waals surface area contributed by atoms with Gasteiger partial charge in [0.05, 0.1) is 13.2 Å². The molecule has 0 amide bonds. The van der Waals surface area contributed by atoms with Crippen molar-refractivity contribution in [1.29, 1.82) is 0 Å². The summed E-state index contributed by atoms with van der Waals surface area (Å²) in [6, 6.07) is 17.7. The highest BCUT2D eigenvalue weighted by atomic mass is 79.9. The lowest BCUT2D eigenvalue weighted by atomic mass is 10.2. The van der Waals surface area contributed by atoms with Gasteiger partial charge in [0.1, 0.15) is 24.7 Å². The predicted octanol–water partition coefficient (Wildman–Crippen LogP) is 4.06. The van der Waals surface area contributed by atoms with E-state index in [4.69, 9.17) is 14.2 Å². The van der Waals surface area contributed by atoms with Crippen molar-refractivity contribution >= 4 is 15.9 Å². The normalized spacial score (nSPS) is 10.3. The van der Waals surface area contributed by atoms with Crippen molar-refractivity contribution < 1.29 is 14.2 Å². The minimum Gasteiger partial charge on any atom is -0.491 e. The van der Waals surface area contributed by atoms with Gasteiger partial charge in [-0.3, -0.25) is 0 Å². The van der Waals surface area contributed by atoms with Crippen LogP contribution in [0, 0.1) is 0 Å². The number of ether oxygens (including phenoxy) is 3. The Hall–Kier alpha value is -1.52. The molecule has 0 aromatic heterocycles. The molecule has 0 heterocycles. The molecule has 21 heavy (non-hydrogen) atoms. The maximum Gasteiger partial charge on any atom is 0.120 e. The highest BCUT2D eigenvalue weighted by Gasteiger charge is 1.98. The second-order valence-corrected chi connectivity index (χ2v) is 5.19. The van der Waals surface area contributed by atoms with Crippen molar-refractivity contribution in [2.75, 3.05) is 25.2 Å². The average molecular weight is 351 g/mol. The quantitative estimate of drug-likeness (QED) is 0.504. The van der Waals surface area contributed by atoms with Crippen molar-refractivity contribution in [1.82, 2.24) is 0 Å². The lowest BCUT2D eigenvalue weighted by Gasteiger charge is -2.09.